The fourth-order valence-electron chi connectivity index (χ4n) is 2.87. The normalized spacial score (nSPS) is 29.5. The van der Waals surface area contributed by atoms with Crippen molar-refractivity contribution in [1.29, 1.82) is 0 Å². The van der Waals surface area contributed by atoms with Gasteiger partial charge in [-0.25, -0.2) is 0 Å². The molecule has 0 radical (unpaired) electrons. The smallest absolute Gasteiger partial charge is 0.0304 e. The summed E-state index contributed by atoms with van der Waals surface area (Å²) < 4.78 is 0. The summed E-state index contributed by atoms with van der Waals surface area (Å²) >= 11 is 0. The second kappa shape index (κ2) is 6.19. The van der Waals surface area contributed by atoms with Crippen LogP contribution in [0, 0.1) is 0 Å². The number of unbranched alkanes of at least 4 members (excludes halogenated alkanes) is 1. The van der Waals surface area contributed by atoms with Crippen LogP contribution in [-0.4, -0.2) is 35.6 Å². The molecule has 1 aliphatic heterocycles. The molecule has 1 unspecified atom stereocenters. The Morgan fingerprint density at radius 1 is 1.06 bits per heavy atom. The van der Waals surface area contributed by atoms with Gasteiger partial charge < -0.3 is 5.32 Å². The van der Waals surface area contributed by atoms with Crippen LogP contribution >= 0.6 is 0 Å². The fraction of sp³-hybridized carbons (Fsp3) is 1.00. The average molecular weight is 240 g/mol. The largest absolute Gasteiger partial charge is 0.308 e. The number of hydrogen-bond donors (Lipinski definition) is 1. The van der Waals surface area contributed by atoms with Crippen LogP contribution in [0.3, 0.4) is 0 Å². The Morgan fingerprint density at radius 3 is 2.18 bits per heavy atom. The van der Waals surface area contributed by atoms with Crippen molar-refractivity contribution in [2.45, 2.75) is 77.8 Å². The Hall–Kier alpha value is -0.0800. The molecule has 0 spiro atoms. The van der Waals surface area contributed by atoms with E-state index >= 15 is 0 Å². The monoisotopic (exact) mass is 240 g/mol. The van der Waals surface area contributed by atoms with Gasteiger partial charge in [-0.15, -0.1) is 0 Å². The first-order valence-corrected chi connectivity index (χ1v) is 7.56. The van der Waals surface area contributed by atoms with Gasteiger partial charge in [0.15, 0.2) is 0 Å². The highest BCUT2D eigenvalue weighted by Crippen LogP contribution is 2.30. The summed E-state index contributed by atoms with van der Waals surface area (Å²) in [6.45, 7) is 15.3. The first-order chi connectivity index (χ1) is 8.05. The first kappa shape index (κ1) is 15.0. The average Bonchev–Trinajstić information content (AvgIpc) is 2.38. The molecule has 102 valence electrons. The molecule has 1 aliphatic rings. The fourth-order valence-corrected chi connectivity index (χ4v) is 2.87. The molecule has 1 saturated heterocycles. The van der Waals surface area contributed by atoms with Gasteiger partial charge in [0, 0.05) is 24.2 Å². The number of piperazine rings is 1. The zero-order valence-electron chi connectivity index (χ0n) is 12.6. The Labute approximate surface area is 108 Å². The lowest BCUT2D eigenvalue weighted by atomic mass is 9.83. The molecule has 0 bridgehead atoms. The topological polar surface area (TPSA) is 15.3 Å². The summed E-state index contributed by atoms with van der Waals surface area (Å²) in [6, 6.07) is 0. The molecule has 2 nitrogen and oxygen atoms in total. The summed E-state index contributed by atoms with van der Waals surface area (Å²) in [4.78, 5) is 2.75. The molecule has 2 heteroatoms. The van der Waals surface area contributed by atoms with Crippen LogP contribution < -0.4 is 5.32 Å². The van der Waals surface area contributed by atoms with Crippen LogP contribution in [0.2, 0.25) is 0 Å². The summed E-state index contributed by atoms with van der Waals surface area (Å²) in [5.74, 6) is 0. The van der Waals surface area contributed by atoms with Crippen LogP contribution in [0.5, 0.6) is 0 Å². The van der Waals surface area contributed by atoms with Crippen molar-refractivity contribution in [2.75, 3.05) is 19.6 Å². The Balaban J connectivity index is 2.75. The molecule has 1 heterocycles. The maximum Gasteiger partial charge on any atom is 0.0304 e. The lowest BCUT2D eigenvalue weighted by Gasteiger charge is -2.53. The minimum atomic E-state index is 0.364. The molecule has 1 rings (SSSR count). The molecule has 0 aromatic heterocycles. The highest BCUT2D eigenvalue weighted by atomic mass is 15.3. The van der Waals surface area contributed by atoms with Gasteiger partial charge in [0.2, 0.25) is 0 Å². The van der Waals surface area contributed by atoms with Crippen LogP contribution in [-0.2, 0) is 0 Å². The van der Waals surface area contributed by atoms with Gasteiger partial charge in [0.25, 0.3) is 0 Å². The van der Waals surface area contributed by atoms with Gasteiger partial charge in [0.1, 0.15) is 0 Å². The van der Waals surface area contributed by atoms with Crippen molar-refractivity contribution in [1.82, 2.24) is 10.2 Å². The molecule has 0 amide bonds. The van der Waals surface area contributed by atoms with E-state index in [0.29, 0.717) is 11.1 Å². The van der Waals surface area contributed by atoms with Crippen molar-refractivity contribution < 1.29 is 0 Å². The molecule has 0 aromatic carbocycles. The van der Waals surface area contributed by atoms with E-state index in [9.17, 15) is 0 Å². The zero-order chi connectivity index (χ0) is 12.9. The number of hydrogen-bond acceptors (Lipinski definition) is 2. The van der Waals surface area contributed by atoms with E-state index in [2.05, 4.69) is 44.8 Å². The summed E-state index contributed by atoms with van der Waals surface area (Å²) in [5, 5.41) is 3.84. The molecule has 0 saturated carbocycles. The molecule has 17 heavy (non-hydrogen) atoms. The maximum absolute atomic E-state index is 3.84. The number of rotatable bonds is 6. The van der Waals surface area contributed by atoms with Gasteiger partial charge in [0.05, 0.1) is 0 Å². The van der Waals surface area contributed by atoms with Crippen LogP contribution in [0.15, 0.2) is 0 Å². The third-order valence-electron chi connectivity index (χ3n) is 5.00. The molecule has 1 N–H and O–H groups in total. The predicted octanol–water partition coefficient (Wildman–Crippen LogP) is 3.42. The molecular formula is C15H32N2. The highest BCUT2D eigenvalue weighted by molar-refractivity contribution is 5.02. The SMILES string of the molecule is CCCCN1CC(CC)(CC)NCC1(C)CC. The van der Waals surface area contributed by atoms with Crippen LogP contribution in [0.4, 0.5) is 0 Å². The van der Waals surface area contributed by atoms with E-state index < -0.39 is 0 Å². The Morgan fingerprint density at radius 2 is 1.71 bits per heavy atom. The zero-order valence-corrected chi connectivity index (χ0v) is 12.6. The summed E-state index contributed by atoms with van der Waals surface area (Å²) in [5.41, 5.74) is 0.728. The predicted molar refractivity (Wildman–Crippen MR) is 76.5 cm³/mol. The van der Waals surface area contributed by atoms with Gasteiger partial charge in [-0.05, 0) is 39.2 Å². The Kier molecular flexibility index (Phi) is 5.46. The molecule has 1 atom stereocenters. The molecule has 1 fully saturated rings. The second-order valence-electron chi connectivity index (χ2n) is 5.97. The van der Waals surface area contributed by atoms with Crippen molar-refractivity contribution in [3.63, 3.8) is 0 Å². The lowest BCUT2D eigenvalue weighted by molar-refractivity contribution is 0.00832. The minimum Gasteiger partial charge on any atom is -0.308 e. The number of nitrogens with zero attached hydrogens (tertiary/aromatic N) is 1. The van der Waals surface area contributed by atoms with Crippen molar-refractivity contribution in [2.24, 2.45) is 0 Å². The summed E-state index contributed by atoms with van der Waals surface area (Å²) in [6.07, 6.45) is 6.36. The quantitative estimate of drug-likeness (QED) is 0.765. The van der Waals surface area contributed by atoms with Gasteiger partial charge in [-0.1, -0.05) is 34.1 Å². The van der Waals surface area contributed by atoms with E-state index in [1.54, 1.807) is 0 Å². The van der Waals surface area contributed by atoms with Crippen molar-refractivity contribution in [3.05, 3.63) is 0 Å². The van der Waals surface area contributed by atoms with Gasteiger partial charge >= 0.3 is 0 Å². The van der Waals surface area contributed by atoms with E-state index in [4.69, 9.17) is 0 Å². The number of nitrogens with one attached hydrogen (secondary N) is 1. The van der Waals surface area contributed by atoms with Gasteiger partial charge in [-0.2, -0.15) is 0 Å². The maximum atomic E-state index is 3.84. The lowest BCUT2D eigenvalue weighted by Crippen LogP contribution is -2.68. The molecule has 0 aliphatic carbocycles. The molecule has 0 aromatic rings. The van der Waals surface area contributed by atoms with Crippen molar-refractivity contribution in [3.8, 4) is 0 Å². The van der Waals surface area contributed by atoms with E-state index in [-0.39, 0.29) is 0 Å². The molecular weight excluding hydrogens is 208 g/mol. The van der Waals surface area contributed by atoms with Crippen LogP contribution in [0.25, 0.3) is 0 Å². The first-order valence-electron chi connectivity index (χ1n) is 7.56. The standard InChI is InChI=1S/C15H32N2/c1-6-10-11-17-13-15(8-3,9-4)16-12-14(17,5)7-2/h16H,6-13H2,1-5H3. The highest BCUT2D eigenvalue weighted by Gasteiger charge is 2.41. The van der Waals surface area contributed by atoms with Crippen molar-refractivity contribution >= 4 is 0 Å². The second-order valence-corrected chi connectivity index (χ2v) is 5.97. The Bertz CT molecular complexity index is 223. The third-order valence-corrected chi connectivity index (χ3v) is 5.00. The summed E-state index contributed by atoms with van der Waals surface area (Å²) in [7, 11) is 0. The third kappa shape index (κ3) is 3.23. The van der Waals surface area contributed by atoms with Gasteiger partial charge in [-0.3, -0.25) is 4.90 Å². The van der Waals surface area contributed by atoms with Crippen LogP contribution in [0.1, 0.15) is 66.7 Å². The van der Waals surface area contributed by atoms with E-state index in [0.717, 1.165) is 6.54 Å². The minimum absolute atomic E-state index is 0.364. The van der Waals surface area contributed by atoms with E-state index in [1.807, 2.05) is 0 Å². The van der Waals surface area contributed by atoms with E-state index in [1.165, 1.54) is 45.2 Å².